The summed E-state index contributed by atoms with van der Waals surface area (Å²) in [4.78, 5) is 0. The Bertz CT molecular complexity index is 424. The quantitative estimate of drug-likeness (QED) is 0.490. The van der Waals surface area contributed by atoms with Crippen LogP contribution in [0.25, 0.3) is 0 Å². The third-order valence-corrected chi connectivity index (χ3v) is 6.27. The summed E-state index contributed by atoms with van der Waals surface area (Å²) in [5.74, 6) is 0.545. The Labute approximate surface area is 122 Å². The topological polar surface area (TPSA) is 99.3 Å². The second-order valence-electron chi connectivity index (χ2n) is 5.54. The first-order chi connectivity index (χ1) is 9.31. The average Bonchev–Trinajstić information content (AvgIpc) is 2.39. The lowest BCUT2D eigenvalue weighted by Gasteiger charge is -2.40. The Balaban J connectivity index is 2.91. The lowest BCUT2D eigenvalue weighted by atomic mass is 9.75. The van der Waals surface area contributed by atoms with Crippen molar-refractivity contribution in [3.63, 3.8) is 0 Å². The van der Waals surface area contributed by atoms with Gasteiger partial charge in [-0.2, -0.15) is 17.4 Å². The zero-order valence-corrected chi connectivity index (χ0v) is 13.6. The second-order valence-corrected chi connectivity index (χ2v) is 7.21. The lowest BCUT2D eigenvalue weighted by molar-refractivity contribution is 0.261. The highest BCUT2D eigenvalue weighted by Crippen LogP contribution is 2.34. The minimum Gasteiger partial charge on any atom is -0.386 e. The van der Waals surface area contributed by atoms with Crippen LogP contribution in [0.3, 0.4) is 0 Å². The van der Waals surface area contributed by atoms with E-state index in [1.54, 1.807) is 13.8 Å². The summed E-state index contributed by atoms with van der Waals surface area (Å²) in [6.45, 7) is 6.58. The highest BCUT2D eigenvalue weighted by Gasteiger charge is 2.42. The summed E-state index contributed by atoms with van der Waals surface area (Å²) in [5.41, 5.74) is 4.82. The maximum atomic E-state index is 12.4. The lowest BCUT2D eigenvalue weighted by Crippen LogP contribution is -2.61. The molecule has 1 fully saturated rings. The molecular formula is C13H28N4O2S. The van der Waals surface area contributed by atoms with Crippen molar-refractivity contribution in [3.05, 3.63) is 0 Å². The van der Waals surface area contributed by atoms with Crippen molar-refractivity contribution in [1.29, 1.82) is 5.41 Å². The molecule has 7 heteroatoms. The molecule has 1 saturated carbocycles. The summed E-state index contributed by atoms with van der Waals surface area (Å²) >= 11 is 0. The Morgan fingerprint density at radius 3 is 2.15 bits per heavy atom. The van der Waals surface area contributed by atoms with Crippen molar-refractivity contribution >= 4 is 16.0 Å². The Morgan fingerprint density at radius 1 is 1.30 bits per heavy atom. The van der Waals surface area contributed by atoms with Gasteiger partial charge in [0.2, 0.25) is 0 Å². The van der Waals surface area contributed by atoms with Gasteiger partial charge in [0.25, 0.3) is 10.2 Å². The first-order valence-electron chi connectivity index (χ1n) is 7.44. The average molecular weight is 304 g/mol. The normalized spacial score (nSPS) is 27.7. The van der Waals surface area contributed by atoms with E-state index in [9.17, 15) is 8.42 Å². The molecule has 0 heterocycles. The van der Waals surface area contributed by atoms with Crippen molar-refractivity contribution in [1.82, 2.24) is 9.03 Å². The van der Waals surface area contributed by atoms with Gasteiger partial charge in [0.15, 0.2) is 0 Å². The molecular weight excluding hydrogens is 276 g/mol. The third-order valence-electron chi connectivity index (χ3n) is 4.42. The molecule has 1 rings (SSSR count). The van der Waals surface area contributed by atoms with Crippen LogP contribution in [0.1, 0.15) is 52.9 Å². The van der Waals surface area contributed by atoms with Gasteiger partial charge in [0.05, 0.1) is 5.54 Å². The van der Waals surface area contributed by atoms with Crippen LogP contribution in [-0.4, -0.2) is 37.2 Å². The number of nitrogens with two attached hydrogens (primary N) is 1. The smallest absolute Gasteiger partial charge is 0.280 e. The van der Waals surface area contributed by atoms with Crippen LogP contribution in [0.15, 0.2) is 0 Å². The molecule has 20 heavy (non-hydrogen) atoms. The number of hydrogen-bond acceptors (Lipinski definition) is 3. The van der Waals surface area contributed by atoms with E-state index < -0.39 is 15.7 Å². The first-order valence-corrected chi connectivity index (χ1v) is 8.88. The summed E-state index contributed by atoms with van der Waals surface area (Å²) in [5, 5.41) is 7.83. The predicted molar refractivity (Wildman–Crippen MR) is 81.9 cm³/mol. The first kappa shape index (κ1) is 17.4. The van der Waals surface area contributed by atoms with Crippen LogP contribution in [0.4, 0.5) is 0 Å². The monoisotopic (exact) mass is 304 g/mol. The van der Waals surface area contributed by atoms with E-state index in [1.165, 1.54) is 4.31 Å². The van der Waals surface area contributed by atoms with Crippen molar-refractivity contribution in [2.45, 2.75) is 58.4 Å². The van der Waals surface area contributed by atoms with E-state index in [0.717, 1.165) is 19.3 Å². The molecule has 1 aliphatic rings. The van der Waals surface area contributed by atoms with E-state index in [4.69, 9.17) is 11.1 Å². The highest BCUT2D eigenvalue weighted by atomic mass is 32.2. The van der Waals surface area contributed by atoms with E-state index in [2.05, 4.69) is 11.6 Å². The van der Waals surface area contributed by atoms with E-state index in [-0.39, 0.29) is 5.84 Å². The SMILES string of the molecule is CCC1CCC(NS(=O)(=O)N(CC)CC)(C(=N)N)CC1. The largest absolute Gasteiger partial charge is 0.386 e. The molecule has 0 radical (unpaired) electrons. The van der Waals surface area contributed by atoms with Gasteiger partial charge in [0.1, 0.15) is 5.84 Å². The van der Waals surface area contributed by atoms with Crippen LogP contribution >= 0.6 is 0 Å². The molecule has 0 atom stereocenters. The van der Waals surface area contributed by atoms with Crippen LogP contribution in [0, 0.1) is 11.3 Å². The molecule has 0 aromatic heterocycles. The summed E-state index contributed by atoms with van der Waals surface area (Å²) in [6.07, 6.45) is 4.15. The number of nitrogens with zero attached hydrogens (tertiary/aromatic N) is 1. The molecule has 0 spiro atoms. The maximum Gasteiger partial charge on any atom is 0.280 e. The molecule has 118 valence electrons. The van der Waals surface area contributed by atoms with Crippen molar-refractivity contribution < 1.29 is 8.42 Å². The molecule has 0 unspecified atom stereocenters. The molecule has 6 nitrogen and oxygen atoms in total. The zero-order valence-electron chi connectivity index (χ0n) is 12.8. The van der Waals surface area contributed by atoms with Crippen molar-refractivity contribution in [2.24, 2.45) is 11.7 Å². The molecule has 0 bridgehead atoms. The van der Waals surface area contributed by atoms with Crippen LogP contribution in [0.2, 0.25) is 0 Å². The fraction of sp³-hybridized carbons (Fsp3) is 0.923. The minimum atomic E-state index is -3.59. The zero-order chi connectivity index (χ0) is 15.4. The highest BCUT2D eigenvalue weighted by molar-refractivity contribution is 7.87. The van der Waals surface area contributed by atoms with Gasteiger partial charge in [-0.15, -0.1) is 0 Å². The Hall–Kier alpha value is -0.660. The number of nitrogens with one attached hydrogen (secondary N) is 2. The van der Waals surface area contributed by atoms with Gasteiger partial charge in [-0.05, 0) is 31.6 Å². The molecule has 0 aliphatic heterocycles. The second kappa shape index (κ2) is 6.87. The minimum absolute atomic E-state index is 0.0669. The molecule has 0 aromatic carbocycles. The Kier molecular flexibility index (Phi) is 5.97. The van der Waals surface area contributed by atoms with Gasteiger partial charge in [-0.3, -0.25) is 5.41 Å². The summed E-state index contributed by atoms with van der Waals surface area (Å²) in [6, 6.07) is 0. The molecule has 1 aliphatic carbocycles. The molecule has 0 saturated heterocycles. The van der Waals surface area contributed by atoms with Crippen molar-refractivity contribution in [2.75, 3.05) is 13.1 Å². The third kappa shape index (κ3) is 3.71. The van der Waals surface area contributed by atoms with E-state index in [0.29, 0.717) is 31.8 Å². The van der Waals surface area contributed by atoms with Gasteiger partial charge >= 0.3 is 0 Å². The molecule has 0 amide bonds. The number of hydrogen-bond donors (Lipinski definition) is 3. The standard InChI is InChI=1S/C13H28N4O2S/c1-4-11-7-9-13(10-8-11,12(14)15)16-20(18,19)17(5-2)6-3/h11,16H,4-10H2,1-3H3,(H3,14,15). The van der Waals surface area contributed by atoms with Gasteiger partial charge < -0.3 is 5.73 Å². The number of rotatable bonds is 7. The maximum absolute atomic E-state index is 12.4. The fourth-order valence-electron chi connectivity index (χ4n) is 2.88. The van der Waals surface area contributed by atoms with E-state index >= 15 is 0 Å². The van der Waals surface area contributed by atoms with Gasteiger partial charge in [0, 0.05) is 13.1 Å². The molecule has 4 N–H and O–H groups in total. The van der Waals surface area contributed by atoms with Gasteiger partial charge in [-0.1, -0.05) is 27.2 Å². The molecule has 0 aromatic rings. The van der Waals surface area contributed by atoms with Crippen LogP contribution in [-0.2, 0) is 10.2 Å². The fourth-order valence-corrected chi connectivity index (χ4v) is 4.50. The Morgan fingerprint density at radius 2 is 1.80 bits per heavy atom. The van der Waals surface area contributed by atoms with Crippen molar-refractivity contribution in [3.8, 4) is 0 Å². The number of amidine groups is 1. The van der Waals surface area contributed by atoms with Gasteiger partial charge in [-0.25, -0.2) is 0 Å². The predicted octanol–water partition coefficient (Wildman–Crippen LogP) is 1.44. The summed E-state index contributed by atoms with van der Waals surface area (Å²) in [7, 11) is -3.59. The van der Waals surface area contributed by atoms with Crippen LogP contribution in [0.5, 0.6) is 0 Å². The van der Waals surface area contributed by atoms with E-state index in [1.807, 2.05) is 0 Å². The summed E-state index contributed by atoms with van der Waals surface area (Å²) < 4.78 is 28.8. The van der Waals surface area contributed by atoms with Crippen LogP contribution < -0.4 is 10.5 Å².